The Morgan fingerprint density at radius 1 is 1.16 bits per heavy atom. The molecule has 4 nitrogen and oxygen atoms in total. The molecule has 0 aliphatic carbocycles. The second-order valence-corrected chi connectivity index (χ2v) is 5.63. The number of aromatic hydroxyl groups is 1. The molecule has 4 heteroatoms. The molecule has 0 atom stereocenters. The number of rotatable bonds is 6. The maximum absolute atomic E-state index is 12.0. The number of nitrogens with zero attached hydrogens (tertiary/aromatic N) is 1. The molecule has 2 aromatic rings. The summed E-state index contributed by atoms with van der Waals surface area (Å²) in [6.45, 7) is 2.50. The molecule has 2 rings (SSSR count). The lowest BCUT2D eigenvalue weighted by Gasteiger charge is -2.04. The molecule has 2 aromatic carbocycles. The smallest absolute Gasteiger partial charge is 0.261 e. The van der Waals surface area contributed by atoms with Crippen molar-refractivity contribution in [2.24, 2.45) is 0 Å². The minimum Gasteiger partial charge on any atom is -0.508 e. The van der Waals surface area contributed by atoms with Crippen LogP contribution < -0.4 is 5.32 Å². The van der Waals surface area contributed by atoms with E-state index in [1.807, 2.05) is 37.3 Å². The summed E-state index contributed by atoms with van der Waals surface area (Å²) in [6, 6.07) is 16.7. The van der Waals surface area contributed by atoms with Gasteiger partial charge in [0.1, 0.15) is 17.4 Å². The van der Waals surface area contributed by atoms with Gasteiger partial charge in [-0.05, 0) is 42.7 Å². The highest BCUT2D eigenvalue weighted by Gasteiger charge is 2.06. The zero-order valence-corrected chi connectivity index (χ0v) is 14.1. The summed E-state index contributed by atoms with van der Waals surface area (Å²) < 4.78 is 0. The molecule has 0 fully saturated rings. The third-order valence-electron chi connectivity index (χ3n) is 3.63. The molecule has 0 aromatic heterocycles. The molecule has 0 saturated heterocycles. The third-order valence-corrected chi connectivity index (χ3v) is 3.63. The minimum absolute atomic E-state index is 0.0546. The number of nitrogens with one attached hydrogen (secondary N) is 1. The van der Waals surface area contributed by atoms with Gasteiger partial charge in [0, 0.05) is 6.54 Å². The van der Waals surface area contributed by atoms with Gasteiger partial charge in [-0.3, -0.25) is 4.79 Å². The molecule has 126 valence electrons. The van der Waals surface area contributed by atoms with Crippen molar-refractivity contribution < 1.29 is 9.90 Å². The minimum atomic E-state index is -0.384. The summed E-state index contributed by atoms with van der Waals surface area (Å²) in [4.78, 5) is 12.0. The number of carbonyl (C=O) groups is 1. The first kappa shape index (κ1) is 18.0. The lowest BCUT2D eigenvalue weighted by Crippen LogP contribution is -2.26. The second-order valence-electron chi connectivity index (χ2n) is 5.63. The Balaban J connectivity index is 1.88. The van der Waals surface area contributed by atoms with Crippen LogP contribution in [0.2, 0.25) is 0 Å². The van der Waals surface area contributed by atoms with Crippen LogP contribution in [0.1, 0.15) is 16.7 Å². The monoisotopic (exact) mass is 332 g/mol. The van der Waals surface area contributed by atoms with Gasteiger partial charge in [-0.15, -0.1) is 0 Å². The predicted molar refractivity (Wildman–Crippen MR) is 98.7 cm³/mol. The van der Waals surface area contributed by atoms with E-state index in [0.717, 1.165) is 11.1 Å². The van der Waals surface area contributed by atoms with Crippen LogP contribution in [0.5, 0.6) is 5.75 Å². The van der Waals surface area contributed by atoms with Crippen molar-refractivity contribution in [3.05, 3.63) is 82.9 Å². The summed E-state index contributed by atoms with van der Waals surface area (Å²) >= 11 is 0. The normalized spacial score (nSPS) is 11.3. The van der Waals surface area contributed by atoms with Crippen molar-refractivity contribution in [1.29, 1.82) is 5.26 Å². The molecule has 2 N–H and O–H groups in total. The lowest BCUT2D eigenvalue weighted by molar-refractivity contribution is -0.117. The number of aryl methyl sites for hydroxylation is 1. The van der Waals surface area contributed by atoms with E-state index in [0.29, 0.717) is 13.0 Å². The topological polar surface area (TPSA) is 73.1 Å². The largest absolute Gasteiger partial charge is 0.508 e. The Labute approximate surface area is 147 Å². The highest BCUT2D eigenvalue weighted by atomic mass is 16.3. The fourth-order valence-corrected chi connectivity index (χ4v) is 2.17. The number of benzene rings is 2. The van der Waals surface area contributed by atoms with Crippen LogP contribution in [0.4, 0.5) is 0 Å². The van der Waals surface area contributed by atoms with Gasteiger partial charge in [-0.1, -0.05) is 54.1 Å². The lowest BCUT2D eigenvalue weighted by atomic mass is 10.1. The van der Waals surface area contributed by atoms with Gasteiger partial charge in [0.15, 0.2) is 0 Å². The summed E-state index contributed by atoms with van der Waals surface area (Å²) in [7, 11) is 0. The molecule has 0 saturated carbocycles. The van der Waals surface area contributed by atoms with E-state index >= 15 is 0 Å². The second kappa shape index (κ2) is 9.09. The number of hydrogen-bond acceptors (Lipinski definition) is 3. The van der Waals surface area contributed by atoms with Crippen molar-refractivity contribution in [1.82, 2.24) is 5.32 Å². The Hall–Kier alpha value is -3.32. The molecule has 1 amide bonds. The molecule has 0 radical (unpaired) electrons. The molecule has 0 bridgehead atoms. The quantitative estimate of drug-likeness (QED) is 0.483. The maximum atomic E-state index is 12.0. The number of hydrogen-bond donors (Lipinski definition) is 2. The zero-order valence-electron chi connectivity index (χ0n) is 14.1. The van der Waals surface area contributed by atoms with Gasteiger partial charge in [0.05, 0.1) is 0 Å². The third kappa shape index (κ3) is 6.00. The molecule has 0 aliphatic heterocycles. The number of nitriles is 1. The molecule has 0 heterocycles. The Morgan fingerprint density at radius 3 is 2.48 bits per heavy atom. The number of carbonyl (C=O) groups excluding carboxylic acids is 1. The maximum Gasteiger partial charge on any atom is 0.261 e. The fraction of sp³-hybridized carbons (Fsp3) is 0.143. The molecule has 25 heavy (non-hydrogen) atoms. The van der Waals surface area contributed by atoms with Gasteiger partial charge >= 0.3 is 0 Å². The summed E-state index contributed by atoms with van der Waals surface area (Å²) in [6.07, 6.45) is 5.60. The van der Waals surface area contributed by atoms with E-state index in [2.05, 4.69) is 5.32 Å². The molecular weight excluding hydrogens is 312 g/mol. The Bertz CT molecular complexity index is 810. The van der Waals surface area contributed by atoms with Gasteiger partial charge in [0.25, 0.3) is 5.91 Å². The first-order valence-corrected chi connectivity index (χ1v) is 8.00. The van der Waals surface area contributed by atoms with Crippen LogP contribution in [0.15, 0.2) is 66.3 Å². The van der Waals surface area contributed by atoms with Crippen molar-refractivity contribution in [2.75, 3.05) is 6.54 Å². The van der Waals surface area contributed by atoms with Crippen LogP contribution in [-0.4, -0.2) is 17.6 Å². The van der Waals surface area contributed by atoms with Gasteiger partial charge in [-0.2, -0.15) is 5.26 Å². The molecular formula is C21H20N2O2. The average molecular weight is 332 g/mol. The van der Waals surface area contributed by atoms with Gasteiger partial charge in [-0.25, -0.2) is 0 Å². The van der Waals surface area contributed by atoms with E-state index in [9.17, 15) is 9.90 Å². The van der Waals surface area contributed by atoms with Crippen LogP contribution in [0.25, 0.3) is 6.08 Å². The highest BCUT2D eigenvalue weighted by molar-refractivity contribution is 5.97. The van der Waals surface area contributed by atoms with E-state index in [4.69, 9.17) is 5.26 Å². The number of allylic oxidation sites excluding steroid dienone is 2. The van der Waals surface area contributed by atoms with E-state index in [1.54, 1.807) is 36.4 Å². The summed E-state index contributed by atoms with van der Waals surface area (Å²) in [5.41, 5.74) is 3.26. The van der Waals surface area contributed by atoms with Crippen molar-refractivity contribution in [2.45, 2.75) is 13.3 Å². The average Bonchev–Trinajstić information content (AvgIpc) is 2.62. The highest BCUT2D eigenvalue weighted by Crippen LogP contribution is 2.11. The Kier molecular flexibility index (Phi) is 6.56. The SMILES string of the molecule is Cc1ccc(CCNC(=O)C(C#N)=C/C=C/c2ccc(O)cc2)cc1. The van der Waals surface area contributed by atoms with Crippen LogP contribution in [0, 0.1) is 18.3 Å². The van der Waals surface area contributed by atoms with Crippen LogP contribution in [0.3, 0.4) is 0 Å². The number of phenols is 1. The predicted octanol–water partition coefficient (Wildman–Crippen LogP) is 3.52. The Morgan fingerprint density at radius 2 is 1.84 bits per heavy atom. The van der Waals surface area contributed by atoms with Crippen LogP contribution >= 0.6 is 0 Å². The van der Waals surface area contributed by atoms with E-state index in [1.165, 1.54) is 11.6 Å². The summed E-state index contributed by atoms with van der Waals surface area (Å²) in [5, 5.41) is 21.1. The van der Waals surface area contributed by atoms with Gasteiger partial charge in [0.2, 0.25) is 0 Å². The summed E-state index contributed by atoms with van der Waals surface area (Å²) in [5.74, 6) is -0.191. The number of amides is 1. The van der Waals surface area contributed by atoms with Crippen molar-refractivity contribution in [3.8, 4) is 11.8 Å². The fourth-order valence-electron chi connectivity index (χ4n) is 2.17. The van der Waals surface area contributed by atoms with Crippen molar-refractivity contribution in [3.63, 3.8) is 0 Å². The molecule has 0 aliphatic rings. The first-order valence-electron chi connectivity index (χ1n) is 8.00. The van der Waals surface area contributed by atoms with E-state index < -0.39 is 0 Å². The first-order chi connectivity index (χ1) is 12.1. The van der Waals surface area contributed by atoms with Gasteiger partial charge < -0.3 is 10.4 Å². The van der Waals surface area contributed by atoms with E-state index in [-0.39, 0.29) is 17.2 Å². The molecule has 0 spiro atoms. The van der Waals surface area contributed by atoms with Crippen molar-refractivity contribution >= 4 is 12.0 Å². The standard InChI is InChI=1S/C21H20N2O2/c1-16-5-7-18(8-6-16)13-14-23-21(25)19(15-22)4-2-3-17-9-11-20(24)12-10-17/h2-12,24H,13-14H2,1H3,(H,23,25)/b3-2+,19-4?. The zero-order chi connectivity index (χ0) is 18.1. The number of phenolic OH excluding ortho intramolecular Hbond substituents is 1. The van der Waals surface area contributed by atoms with Crippen LogP contribution in [-0.2, 0) is 11.2 Å². The molecule has 0 unspecified atom stereocenters.